The van der Waals surface area contributed by atoms with Gasteiger partial charge >= 0.3 is 5.69 Å². The number of halogens is 1. The summed E-state index contributed by atoms with van der Waals surface area (Å²) in [5.74, 6) is 0.882. The van der Waals surface area contributed by atoms with Crippen molar-refractivity contribution in [2.24, 2.45) is 7.05 Å². The molecule has 176 valence electrons. The van der Waals surface area contributed by atoms with Crippen molar-refractivity contribution in [3.8, 4) is 16.9 Å². The lowest BCUT2D eigenvalue weighted by molar-refractivity contribution is 0.267. The Hall–Kier alpha value is -3.46. The van der Waals surface area contributed by atoms with Gasteiger partial charge in [-0.3, -0.25) is 14.1 Å². The second kappa shape index (κ2) is 7.53. The van der Waals surface area contributed by atoms with Gasteiger partial charge in [-0.2, -0.15) is 0 Å². The van der Waals surface area contributed by atoms with E-state index in [0.29, 0.717) is 39.3 Å². The lowest BCUT2D eigenvalue weighted by atomic mass is 10.0. The number of hydrogen-bond donors (Lipinski definition) is 0. The molecule has 6 rings (SSSR count). The van der Waals surface area contributed by atoms with Gasteiger partial charge < -0.3 is 14.5 Å². The van der Waals surface area contributed by atoms with E-state index >= 15 is 4.39 Å². The SMILES string of the molecule is CC1COc2c(-c3ccc(N4CCC(N(C)C)C4)nc3)c(F)cc3ncc4c(c23)n1c(=O)n4C. The van der Waals surface area contributed by atoms with Crippen molar-refractivity contribution < 1.29 is 9.13 Å². The number of pyridine rings is 2. The summed E-state index contributed by atoms with van der Waals surface area (Å²) in [5, 5.41) is 0.661. The minimum atomic E-state index is -0.419. The predicted molar refractivity (Wildman–Crippen MR) is 130 cm³/mol. The fraction of sp³-hybridized carbons (Fsp3) is 0.400. The van der Waals surface area contributed by atoms with Gasteiger partial charge in [-0.05, 0) is 39.6 Å². The number of ether oxygens (including phenoxy) is 1. The number of nitrogens with zero attached hydrogens (tertiary/aromatic N) is 6. The first-order chi connectivity index (χ1) is 16.3. The zero-order valence-electron chi connectivity index (χ0n) is 19.7. The molecule has 1 aromatic carbocycles. The predicted octanol–water partition coefficient (Wildman–Crippen LogP) is 3.18. The molecule has 2 unspecified atom stereocenters. The summed E-state index contributed by atoms with van der Waals surface area (Å²) in [4.78, 5) is 26.6. The summed E-state index contributed by atoms with van der Waals surface area (Å²) in [5.41, 5.74) is 2.75. The highest BCUT2D eigenvalue weighted by Gasteiger charge is 2.29. The van der Waals surface area contributed by atoms with Crippen LogP contribution in [0.2, 0.25) is 0 Å². The third-order valence-corrected chi connectivity index (χ3v) is 7.28. The van der Waals surface area contributed by atoms with Crippen molar-refractivity contribution in [3.05, 3.63) is 46.9 Å². The smallest absolute Gasteiger partial charge is 0.329 e. The number of benzene rings is 1. The molecule has 2 aliphatic heterocycles. The Balaban J connectivity index is 1.51. The zero-order valence-corrected chi connectivity index (χ0v) is 19.7. The molecular formula is C25H27FN6O2. The van der Waals surface area contributed by atoms with Crippen LogP contribution in [0, 0.1) is 5.82 Å². The number of aromatic nitrogens is 4. The summed E-state index contributed by atoms with van der Waals surface area (Å²) in [7, 11) is 5.93. The van der Waals surface area contributed by atoms with E-state index in [9.17, 15) is 4.79 Å². The van der Waals surface area contributed by atoms with Crippen molar-refractivity contribution in [2.45, 2.75) is 25.4 Å². The Labute approximate surface area is 196 Å². The molecule has 0 N–H and O–H groups in total. The number of hydrogen-bond acceptors (Lipinski definition) is 6. The normalized spacial score (nSPS) is 20.0. The Morgan fingerprint density at radius 3 is 2.74 bits per heavy atom. The minimum absolute atomic E-state index is 0.133. The molecule has 0 radical (unpaired) electrons. The molecule has 2 aliphatic rings. The topological polar surface area (TPSA) is 68.4 Å². The molecule has 0 saturated carbocycles. The van der Waals surface area contributed by atoms with Crippen molar-refractivity contribution in [1.29, 1.82) is 0 Å². The molecule has 0 spiro atoms. The van der Waals surface area contributed by atoms with E-state index in [0.717, 1.165) is 30.8 Å². The third kappa shape index (κ3) is 2.96. The molecule has 4 aromatic rings. The van der Waals surface area contributed by atoms with Crippen LogP contribution < -0.4 is 15.3 Å². The van der Waals surface area contributed by atoms with Crippen molar-refractivity contribution >= 4 is 27.8 Å². The maximum absolute atomic E-state index is 15.5. The molecular weight excluding hydrogens is 435 g/mol. The summed E-state index contributed by atoms with van der Waals surface area (Å²) < 4.78 is 25.0. The van der Waals surface area contributed by atoms with Gasteiger partial charge in [-0.1, -0.05) is 0 Å². The molecule has 3 aromatic heterocycles. The number of imidazole rings is 1. The van der Waals surface area contributed by atoms with E-state index in [1.165, 1.54) is 6.07 Å². The second-order valence-corrected chi connectivity index (χ2v) is 9.58. The summed E-state index contributed by atoms with van der Waals surface area (Å²) >= 11 is 0. The third-order valence-electron chi connectivity index (χ3n) is 7.28. The average molecular weight is 463 g/mol. The molecule has 9 heteroatoms. The van der Waals surface area contributed by atoms with Gasteiger partial charge in [0.2, 0.25) is 0 Å². The molecule has 1 saturated heterocycles. The molecule has 0 bridgehead atoms. The van der Waals surface area contributed by atoms with Gasteiger partial charge in [0.25, 0.3) is 0 Å². The van der Waals surface area contributed by atoms with Crippen molar-refractivity contribution in [3.63, 3.8) is 0 Å². The first-order valence-corrected chi connectivity index (χ1v) is 11.6. The van der Waals surface area contributed by atoms with Gasteiger partial charge in [-0.15, -0.1) is 0 Å². The van der Waals surface area contributed by atoms with Crippen LogP contribution in [0.3, 0.4) is 0 Å². The molecule has 5 heterocycles. The van der Waals surface area contributed by atoms with Crippen LogP contribution in [-0.4, -0.2) is 63.8 Å². The maximum atomic E-state index is 15.5. The monoisotopic (exact) mass is 462 g/mol. The molecule has 2 atom stereocenters. The van der Waals surface area contributed by atoms with Crippen LogP contribution in [0.5, 0.6) is 5.75 Å². The van der Waals surface area contributed by atoms with E-state index in [2.05, 4.69) is 33.9 Å². The lowest BCUT2D eigenvalue weighted by Gasteiger charge is -2.21. The first-order valence-electron chi connectivity index (χ1n) is 11.6. The molecule has 34 heavy (non-hydrogen) atoms. The molecule has 1 fully saturated rings. The van der Waals surface area contributed by atoms with Crippen LogP contribution in [0.15, 0.2) is 35.4 Å². The van der Waals surface area contributed by atoms with Gasteiger partial charge in [0.15, 0.2) is 0 Å². The quantitative estimate of drug-likeness (QED) is 0.466. The number of likely N-dealkylation sites (N-methyl/N-ethyl adjacent to an activating group) is 1. The van der Waals surface area contributed by atoms with Crippen molar-refractivity contribution in [1.82, 2.24) is 24.0 Å². The fourth-order valence-corrected chi connectivity index (χ4v) is 5.31. The average Bonchev–Trinajstić information content (AvgIpc) is 3.37. The summed E-state index contributed by atoms with van der Waals surface area (Å²) in [6, 6.07) is 5.56. The number of aryl methyl sites for hydroxylation is 1. The minimum Gasteiger partial charge on any atom is -0.490 e. The summed E-state index contributed by atoms with van der Waals surface area (Å²) in [6.45, 7) is 4.05. The second-order valence-electron chi connectivity index (χ2n) is 9.58. The highest BCUT2D eigenvalue weighted by Crippen LogP contribution is 2.43. The van der Waals surface area contributed by atoms with Gasteiger partial charge in [0.1, 0.15) is 24.0 Å². The highest BCUT2D eigenvalue weighted by atomic mass is 19.1. The van der Waals surface area contributed by atoms with Crippen LogP contribution in [0.1, 0.15) is 19.4 Å². The fourth-order valence-electron chi connectivity index (χ4n) is 5.31. The number of rotatable bonds is 3. The van der Waals surface area contributed by atoms with Gasteiger partial charge in [0, 0.05) is 44.0 Å². The van der Waals surface area contributed by atoms with Crippen LogP contribution in [0.25, 0.3) is 33.1 Å². The zero-order chi connectivity index (χ0) is 23.7. The standard InChI is InChI=1S/C25H27FN6O2/c1-14-13-34-24-21(15-5-6-20(28-10-15)31-8-7-16(12-31)29(2)3)17(26)9-18-22(24)23-19(11-27-18)30(4)25(33)32(14)23/h5-6,9-11,14,16H,7-8,12-13H2,1-4H3. The maximum Gasteiger partial charge on any atom is 0.329 e. The molecule has 0 amide bonds. The van der Waals surface area contributed by atoms with Crippen LogP contribution >= 0.6 is 0 Å². The van der Waals surface area contributed by atoms with Crippen LogP contribution in [0.4, 0.5) is 10.2 Å². The Morgan fingerprint density at radius 2 is 2.03 bits per heavy atom. The van der Waals surface area contributed by atoms with E-state index in [4.69, 9.17) is 4.74 Å². The Morgan fingerprint density at radius 1 is 1.21 bits per heavy atom. The molecule has 8 nitrogen and oxygen atoms in total. The lowest BCUT2D eigenvalue weighted by Crippen LogP contribution is -2.31. The Bertz CT molecular complexity index is 1490. The van der Waals surface area contributed by atoms with Crippen molar-refractivity contribution in [2.75, 3.05) is 38.7 Å². The Kier molecular flexibility index (Phi) is 4.67. The van der Waals surface area contributed by atoms with E-state index in [-0.39, 0.29) is 18.3 Å². The van der Waals surface area contributed by atoms with Gasteiger partial charge in [-0.25, -0.2) is 14.2 Å². The van der Waals surface area contributed by atoms with E-state index < -0.39 is 5.82 Å². The largest absolute Gasteiger partial charge is 0.490 e. The first kappa shape index (κ1) is 21.1. The van der Waals surface area contributed by atoms with E-state index in [1.54, 1.807) is 28.6 Å². The van der Waals surface area contributed by atoms with E-state index in [1.807, 2.05) is 19.1 Å². The number of anilines is 1. The molecule has 0 aliphatic carbocycles. The summed E-state index contributed by atoms with van der Waals surface area (Å²) in [6.07, 6.45) is 4.43. The highest BCUT2D eigenvalue weighted by molar-refractivity contribution is 6.09. The van der Waals surface area contributed by atoms with Gasteiger partial charge in [0.05, 0.1) is 39.7 Å². The van der Waals surface area contributed by atoms with Crippen LogP contribution in [-0.2, 0) is 7.05 Å².